The summed E-state index contributed by atoms with van der Waals surface area (Å²) in [5.41, 5.74) is 0.106. The molecule has 1 unspecified atom stereocenters. The molecule has 0 bridgehead atoms. The normalized spacial score (nSPS) is 25.5. The zero-order valence-electron chi connectivity index (χ0n) is 6.76. The molecule has 60 valence electrons. The maximum atomic E-state index is 9.37. The fourth-order valence-corrected chi connectivity index (χ4v) is 1.46. The van der Waals surface area contributed by atoms with Crippen LogP contribution in [0.4, 0.5) is 0 Å². The lowest BCUT2D eigenvalue weighted by molar-refractivity contribution is -0.170. The summed E-state index contributed by atoms with van der Waals surface area (Å²) in [5, 5.41) is 9.37. The lowest BCUT2D eigenvalue weighted by Crippen LogP contribution is -2.50. The quantitative estimate of drug-likeness (QED) is 0.644. The molecule has 0 aromatic rings. The van der Waals surface area contributed by atoms with E-state index in [-0.39, 0.29) is 11.5 Å². The smallest absolute Gasteiger partial charge is 0.0612 e. The zero-order valence-corrected chi connectivity index (χ0v) is 6.76. The van der Waals surface area contributed by atoms with Crippen molar-refractivity contribution >= 4 is 0 Å². The van der Waals surface area contributed by atoms with Gasteiger partial charge in [0, 0.05) is 5.41 Å². The molecule has 0 aromatic carbocycles. The van der Waals surface area contributed by atoms with Crippen molar-refractivity contribution in [1.82, 2.24) is 0 Å². The van der Waals surface area contributed by atoms with Crippen LogP contribution in [0.15, 0.2) is 0 Å². The largest absolute Gasteiger partial charge is 0.393 e. The van der Waals surface area contributed by atoms with Crippen LogP contribution in [0.25, 0.3) is 0 Å². The van der Waals surface area contributed by atoms with E-state index >= 15 is 0 Å². The minimum absolute atomic E-state index is 0.106. The molecule has 0 aliphatic carbocycles. The molecule has 1 aliphatic heterocycles. The van der Waals surface area contributed by atoms with Gasteiger partial charge in [-0.3, -0.25) is 0 Å². The Labute approximate surface area is 62.2 Å². The van der Waals surface area contributed by atoms with Crippen LogP contribution in [0.5, 0.6) is 0 Å². The number of ether oxygens (including phenoxy) is 1. The number of aliphatic hydroxyl groups is 1. The number of aliphatic hydroxyl groups excluding tert-OH is 1. The molecule has 1 saturated heterocycles. The monoisotopic (exact) mass is 144 g/mol. The van der Waals surface area contributed by atoms with Gasteiger partial charge in [-0.15, -0.1) is 0 Å². The molecule has 10 heavy (non-hydrogen) atoms. The first-order chi connectivity index (χ1) is 4.71. The second-order valence-corrected chi connectivity index (χ2v) is 3.28. The zero-order chi connectivity index (χ0) is 7.61. The summed E-state index contributed by atoms with van der Waals surface area (Å²) in [6.45, 7) is 5.50. The van der Waals surface area contributed by atoms with Gasteiger partial charge in [-0.2, -0.15) is 0 Å². The number of rotatable bonds is 3. The lowest BCUT2D eigenvalue weighted by Gasteiger charge is -2.43. The molecule has 2 nitrogen and oxygen atoms in total. The summed E-state index contributed by atoms with van der Waals surface area (Å²) >= 11 is 0. The van der Waals surface area contributed by atoms with Crippen LogP contribution in [0, 0.1) is 5.41 Å². The van der Waals surface area contributed by atoms with Crippen molar-refractivity contribution in [1.29, 1.82) is 0 Å². The second kappa shape index (κ2) is 2.89. The maximum absolute atomic E-state index is 9.37. The van der Waals surface area contributed by atoms with E-state index in [2.05, 4.69) is 6.92 Å². The average Bonchev–Trinajstić information content (AvgIpc) is 1.77. The van der Waals surface area contributed by atoms with Crippen LogP contribution < -0.4 is 0 Å². The molecule has 0 saturated carbocycles. The highest BCUT2D eigenvalue weighted by atomic mass is 16.5. The Morgan fingerprint density at radius 2 is 2.20 bits per heavy atom. The van der Waals surface area contributed by atoms with Crippen LogP contribution >= 0.6 is 0 Å². The van der Waals surface area contributed by atoms with Crippen molar-refractivity contribution in [3.8, 4) is 0 Å². The number of hydrogen-bond donors (Lipinski definition) is 1. The minimum atomic E-state index is -0.207. The van der Waals surface area contributed by atoms with Crippen LogP contribution in [-0.2, 0) is 4.74 Å². The van der Waals surface area contributed by atoms with Gasteiger partial charge in [0.25, 0.3) is 0 Å². The molecular formula is C8H16O2. The molecule has 0 aromatic heterocycles. The van der Waals surface area contributed by atoms with E-state index < -0.39 is 0 Å². The standard InChI is InChI=1S/C8H16O2/c1-3-4-8(7(2)9)5-10-6-8/h7,9H,3-6H2,1-2H3. The molecule has 1 aliphatic rings. The fourth-order valence-electron chi connectivity index (χ4n) is 1.46. The summed E-state index contributed by atoms with van der Waals surface area (Å²) in [5.74, 6) is 0. The molecule has 0 spiro atoms. The van der Waals surface area contributed by atoms with E-state index in [1.165, 1.54) is 0 Å². The molecule has 2 heteroatoms. The van der Waals surface area contributed by atoms with Crippen molar-refractivity contribution < 1.29 is 9.84 Å². The van der Waals surface area contributed by atoms with Gasteiger partial charge in [0.05, 0.1) is 19.3 Å². The van der Waals surface area contributed by atoms with E-state index in [0.29, 0.717) is 0 Å². The predicted octanol–water partition coefficient (Wildman–Crippen LogP) is 1.18. The Hall–Kier alpha value is -0.0800. The average molecular weight is 144 g/mol. The Morgan fingerprint density at radius 3 is 2.30 bits per heavy atom. The highest BCUT2D eigenvalue weighted by molar-refractivity contribution is 4.89. The van der Waals surface area contributed by atoms with Crippen LogP contribution in [0.2, 0.25) is 0 Å². The maximum Gasteiger partial charge on any atom is 0.0612 e. The third kappa shape index (κ3) is 1.18. The van der Waals surface area contributed by atoms with Gasteiger partial charge in [0.15, 0.2) is 0 Å². The van der Waals surface area contributed by atoms with E-state index in [1.54, 1.807) is 0 Å². The summed E-state index contributed by atoms with van der Waals surface area (Å²) in [6, 6.07) is 0. The summed E-state index contributed by atoms with van der Waals surface area (Å²) in [7, 11) is 0. The van der Waals surface area contributed by atoms with Gasteiger partial charge in [0.2, 0.25) is 0 Å². The van der Waals surface area contributed by atoms with Crippen LogP contribution in [0.1, 0.15) is 26.7 Å². The second-order valence-electron chi connectivity index (χ2n) is 3.28. The van der Waals surface area contributed by atoms with E-state index in [4.69, 9.17) is 4.74 Å². The molecule has 1 fully saturated rings. The SMILES string of the molecule is CCCC1(C(C)O)COC1. The Morgan fingerprint density at radius 1 is 1.60 bits per heavy atom. The topological polar surface area (TPSA) is 29.5 Å². The van der Waals surface area contributed by atoms with Crippen molar-refractivity contribution in [2.45, 2.75) is 32.8 Å². The molecule has 0 amide bonds. The molecule has 1 heterocycles. The Bertz CT molecular complexity index is 106. The minimum Gasteiger partial charge on any atom is -0.393 e. The number of hydrogen-bond acceptors (Lipinski definition) is 2. The summed E-state index contributed by atoms with van der Waals surface area (Å²) in [6.07, 6.45) is 2.01. The molecular weight excluding hydrogens is 128 g/mol. The van der Waals surface area contributed by atoms with Gasteiger partial charge in [-0.1, -0.05) is 13.3 Å². The van der Waals surface area contributed by atoms with Gasteiger partial charge >= 0.3 is 0 Å². The van der Waals surface area contributed by atoms with Crippen molar-refractivity contribution in [2.24, 2.45) is 5.41 Å². The molecule has 1 atom stereocenters. The Balaban J connectivity index is 2.42. The van der Waals surface area contributed by atoms with Crippen molar-refractivity contribution in [2.75, 3.05) is 13.2 Å². The molecule has 1 rings (SSSR count). The van der Waals surface area contributed by atoms with Gasteiger partial charge < -0.3 is 9.84 Å². The van der Waals surface area contributed by atoms with Crippen molar-refractivity contribution in [3.05, 3.63) is 0 Å². The summed E-state index contributed by atoms with van der Waals surface area (Å²) < 4.78 is 5.09. The molecule has 0 radical (unpaired) electrons. The Kier molecular flexibility index (Phi) is 2.32. The summed E-state index contributed by atoms with van der Waals surface area (Å²) in [4.78, 5) is 0. The van der Waals surface area contributed by atoms with E-state index in [1.807, 2.05) is 6.92 Å². The first kappa shape index (κ1) is 8.02. The van der Waals surface area contributed by atoms with Crippen LogP contribution in [-0.4, -0.2) is 24.4 Å². The van der Waals surface area contributed by atoms with Crippen LogP contribution in [0.3, 0.4) is 0 Å². The lowest BCUT2D eigenvalue weighted by atomic mass is 9.77. The first-order valence-electron chi connectivity index (χ1n) is 3.97. The third-order valence-corrected chi connectivity index (χ3v) is 2.41. The highest BCUT2D eigenvalue weighted by Crippen LogP contribution is 2.35. The third-order valence-electron chi connectivity index (χ3n) is 2.41. The van der Waals surface area contributed by atoms with Crippen molar-refractivity contribution in [3.63, 3.8) is 0 Å². The first-order valence-corrected chi connectivity index (χ1v) is 3.97. The van der Waals surface area contributed by atoms with E-state index in [9.17, 15) is 5.11 Å². The van der Waals surface area contributed by atoms with E-state index in [0.717, 1.165) is 26.1 Å². The van der Waals surface area contributed by atoms with Gasteiger partial charge in [-0.25, -0.2) is 0 Å². The van der Waals surface area contributed by atoms with Gasteiger partial charge in [-0.05, 0) is 13.3 Å². The van der Waals surface area contributed by atoms with Gasteiger partial charge in [0.1, 0.15) is 0 Å². The molecule has 1 N–H and O–H groups in total. The highest BCUT2D eigenvalue weighted by Gasteiger charge is 2.41. The fraction of sp³-hybridized carbons (Fsp3) is 1.00. The predicted molar refractivity (Wildman–Crippen MR) is 39.8 cm³/mol.